The number of ether oxygens (including phenoxy) is 1. The van der Waals surface area contributed by atoms with Gasteiger partial charge in [0.25, 0.3) is 5.91 Å². The van der Waals surface area contributed by atoms with Crippen LogP contribution in [0.3, 0.4) is 0 Å². The molecule has 0 spiro atoms. The molecule has 1 aromatic rings. The fourth-order valence-electron chi connectivity index (χ4n) is 1.18. The molecule has 1 rings (SSSR count). The van der Waals surface area contributed by atoms with Crippen LogP contribution in [0.2, 0.25) is 10.0 Å². The van der Waals surface area contributed by atoms with Gasteiger partial charge < -0.3 is 10.1 Å². The van der Waals surface area contributed by atoms with Gasteiger partial charge in [0, 0.05) is 19.2 Å². The summed E-state index contributed by atoms with van der Waals surface area (Å²) in [7, 11) is 1.61. The van der Waals surface area contributed by atoms with Crippen molar-refractivity contribution in [3.8, 4) is 0 Å². The van der Waals surface area contributed by atoms with Crippen LogP contribution in [0.4, 0.5) is 0 Å². The smallest absolute Gasteiger partial charge is 0.251 e. The van der Waals surface area contributed by atoms with E-state index in [-0.39, 0.29) is 10.7 Å². The zero-order valence-corrected chi connectivity index (χ0v) is 12.3. The maximum absolute atomic E-state index is 11.7. The monoisotopic (exact) mass is 339 g/mol. The second kappa shape index (κ2) is 7.21. The highest BCUT2D eigenvalue weighted by Gasteiger charge is 2.10. The highest BCUT2D eigenvalue weighted by molar-refractivity contribution is 9.09. The molecule has 1 atom stereocenters. The number of hydrogen-bond donors (Lipinski definition) is 1. The maximum Gasteiger partial charge on any atom is 0.251 e. The van der Waals surface area contributed by atoms with Gasteiger partial charge in [-0.15, -0.1) is 0 Å². The molecule has 1 aromatic carbocycles. The van der Waals surface area contributed by atoms with Crippen LogP contribution in [0, 0.1) is 0 Å². The topological polar surface area (TPSA) is 38.3 Å². The second-order valence-electron chi connectivity index (χ2n) is 3.39. The Morgan fingerprint density at radius 2 is 2.18 bits per heavy atom. The van der Waals surface area contributed by atoms with E-state index in [9.17, 15) is 4.79 Å². The van der Waals surface area contributed by atoms with Crippen molar-refractivity contribution in [1.29, 1.82) is 0 Å². The summed E-state index contributed by atoms with van der Waals surface area (Å²) in [5, 5.41) is 3.56. The Balaban J connectivity index is 2.55. The first-order valence-electron chi connectivity index (χ1n) is 4.91. The average molecular weight is 341 g/mol. The predicted octanol–water partition coefficient (Wildman–Crippen LogP) is 3.13. The van der Waals surface area contributed by atoms with Crippen LogP contribution in [-0.2, 0) is 4.74 Å². The number of hydrogen-bond acceptors (Lipinski definition) is 2. The van der Waals surface area contributed by atoms with Gasteiger partial charge in [0.15, 0.2) is 0 Å². The zero-order valence-electron chi connectivity index (χ0n) is 9.17. The maximum atomic E-state index is 11.7. The lowest BCUT2D eigenvalue weighted by Gasteiger charge is -2.10. The molecule has 1 N–H and O–H groups in total. The van der Waals surface area contributed by atoms with E-state index in [2.05, 4.69) is 21.2 Å². The fraction of sp³-hybridized carbons (Fsp3) is 0.364. The summed E-state index contributed by atoms with van der Waals surface area (Å²) in [5.41, 5.74) is 0.483. The summed E-state index contributed by atoms with van der Waals surface area (Å²) in [5.74, 6) is -0.191. The van der Waals surface area contributed by atoms with Crippen molar-refractivity contribution in [2.24, 2.45) is 0 Å². The van der Waals surface area contributed by atoms with E-state index in [0.29, 0.717) is 28.8 Å². The molecule has 0 aliphatic heterocycles. The average Bonchev–Trinajstić information content (AvgIpc) is 2.30. The standard InChI is InChI=1S/C11H12BrCl2NO2/c1-17-6-8(12)5-15-11(16)7-2-3-9(13)10(14)4-7/h2-4,8H,5-6H2,1H3,(H,15,16). The van der Waals surface area contributed by atoms with Crippen LogP contribution in [0.25, 0.3) is 0 Å². The molecule has 1 unspecified atom stereocenters. The minimum atomic E-state index is -0.191. The van der Waals surface area contributed by atoms with Crippen LogP contribution in [0.5, 0.6) is 0 Å². The first kappa shape index (κ1) is 14.8. The van der Waals surface area contributed by atoms with Crippen molar-refractivity contribution < 1.29 is 9.53 Å². The largest absolute Gasteiger partial charge is 0.383 e. The van der Waals surface area contributed by atoms with Crippen LogP contribution < -0.4 is 5.32 Å². The lowest BCUT2D eigenvalue weighted by atomic mass is 10.2. The van der Waals surface area contributed by atoms with E-state index in [1.807, 2.05) is 0 Å². The van der Waals surface area contributed by atoms with E-state index < -0.39 is 0 Å². The van der Waals surface area contributed by atoms with Gasteiger partial charge in [0.1, 0.15) is 0 Å². The minimum Gasteiger partial charge on any atom is -0.383 e. The number of carbonyl (C=O) groups excluding carboxylic acids is 1. The molecule has 0 radical (unpaired) electrons. The lowest BCUT2D eigenvalue weighted by Crippen LogP contribution is -2.31. The van der Waals surface area contributed by atoms with Crippen molar-refractivity contribution in [2.45, 2.75) is 4.83 Å². The van der Waals surface area contributed by atoms with E-state index in [0.717, 1.165) is 0 Å². The fourth-order valence-corrected chi connectivity index (χ4v) is 1.91. The molecule has 0 saturated heterocycles. The minimum absolute atomic E-state index is 0.0826. The number of rotatable bonds is 5. The summed E-state index contributed by atoms with van der Waals surface area (Å²) >= 11 is 15.0. The molecule has 0 aromatic heterocycles. The number of alkyl halides is 1. The van der Waals surface area contributed by atoms with Gasteiger partial charge in [-0.1, -0.05) is 39.1 Å². The van der Waals surface area contributed by atoms with Crippen molar-refractivity contribution in [1.82, 2.24) is 5.32 Å². The SMILES string of the molecule is COCC(Br)CNC(=O)c1ccc(Cl)c(Cl)c1. The van der Waals surface area contributed by atoms with Crippen molar-refractivity contribution in [3.63, 3.8) is 0 Å². The second-order valence-corrected chi connectivity index (χ2v) is 5.50. The third kappa shape index (κ3) is 4.84. The number of carbonyl (C=O) groups is 1. The Morgan fingerprint density at radius 3 is 2.76 bits per heavy atom. The van der Waals surface area contributed by atoms with Crippen LogP contribution in [0.1, 0.15) is 10.4 Å². The Bertz CT molecular complexity index is 401. The Morgan fingerprint density at radius 1 is 1.47 bits per heavy atom. The summed E-state index contributed by atoms with van der Waals surface area (Å²) in [6, 6.07) is 4.77. The van der Waals surface area contributed by atoms with Gasteiger partial charge in [-0.2, -0.15) is 0 Å². The molecule has 0 heterocycles. The highest BCUT2D eigenvalue weighted by atomic mass is 79.9. The van der Waals surface area contributed by atoms with Crippen molar-refractivity contribution in [3.05, 3.63) is 33.8 Å². The molecule has 6 heteroatoms. The summed E-state index contributed by atoms with van der Waals surface area (Å²) in [6.07, 6.45) is 0. The Hall–Kier alpha value is -0.290. The Labute approximate surface area is 119 Å². The van der Waals surface area contributed by atoms with Gasteiger partial charge in [-0.05, 0) is 18.2 Å². The molecule has 0 fully saturated rings. The Kier molecular flexibility index (Phi) is 6.27. The molecule has 0 aliphatic carbocycles. The van der Waals surface area contributed by atoms with Gasteiger partial charge in [0.05, 0.1) is 21.5 Å². The third-order valence-electron chi connectivity index (χ3n) is 2.01. The molecular weight excluding hydrogens is 329 g/mol. The van der Waals surface area contributed by atoms with E-state index in [1.165, 1.54) is 0 Å². The molecule has 3 nitrogen and oxygen atoms in total. The van der Waals surface area contributed by atoms with Gasteiger partial charge in [0.2, 0.25) is 0 Å². The molecule has 17 heavy (non-hydrogen) atoms. The van der Waals surface area contributed by atoms with Crippen LogP contribution in [-0.4, -0.2) is 31.0 Å². The zero-order chi connectivity index (χ0) is 12.8. The summed E-state index contributed by atoms with van der Waals surface area (Å²) in [6.45, 7) is 1.01. The van der Waals surface area contributed by atoms with Crippen molar-refractivity contribution in [2.75, 3.05) is 20.3 Å². The highest BCUT2D eigenvalue weighted by Crippen LogP contribution is 2.22. The van der Waals surface area contributed by atoms with E-state index in [4.69, 9.17) is 27.9 Å². The number of nitrogens with one attached hydrogen (secondary N) is 1. The summed E-state index contributed by atoms with van der Waals surface area (Å²) in [4.78, 5) is 11.8. The van der Waals surface area contributed by atoms with Gasteiger partial charge in [-0.25, -0.2) is 0 Å². The number of benzene rings is 1. The first-order valence-corrected chi connectivity index (χ1v) is 6.58. The number of halogens is 3. The van der Waals surface area contributed by atoms with E-state index >= 15 is 0 Å². The third-order valence-corrected chi connectivity index (χ3v) is 3.34. The molecule has 0 aliphatic rings. The summed E-state index contributed by atoms with van der Waals surface area (Å²) < 4.78 is 4.94. The quantitative estimate of drug-likeness (QED) is 0.836. The van der Waals surface area contributed by atoms with Crippen LogP contribution >= 0.6 is 39.1 Å². The molecule has 1 amide bonds. The van der Waals surface area contributed by atoms with Gasteiger partial charge >= 0.3 is 0 Å². The normalized spacial score (nSPS) is 12.2. The first-order chi connectivity index (χ1) is 8.04. The van der Waals surface area contributed by atoms with Gasteiger partial charge in [-0.3, -0.25) is 4.79 Å². The predicted molar refractivity (Wildman–Crippen MR) is 73.4 cm³/mol. The lowest BCUT2D eigenvalue weighted by molar-refractivity contribution is 0.0950. The van der Waals surface area contributed by atoms with Crippen LogP contribution in [0.15, 0.2) is 18.2 Å². The van der Waals surface area contributed by atoms with E-state index in [1.54, 1.807) is 25.3 Å². The molecule has 0 saturated carbocycles. The van der Waals surface area contributed by atoms with Crippen molar-refractivity contribution >= 4 is 45.0 Å². The molecule has 0 bridgehead atoms. The number of amides is 1. The molecule has 94 valence electrons. The molecular formula is C11H12BrCl2NO2. The number of methoxy groups -OCH3 is 1.